The maximum Gasteiger partial charge on any atom is 0.339 e. The third kappa shape index (κ3) is 3.05. The molecule has 1 aromatic carbocycles. The van der Waals surface area contributed by atoms with E-state index in [0.29, 0.717) is 10.4 Å². The zero-order valence-corrected chi connectivity index (χ0v) is 12.3. The second-order valence-corrected chi connectivity index (χ2v) is 4.77. The molecule has 6 nitrogen and oxygen atoms in total. The van der Waals surface area contributed by atoms with Crippen molar-refractivity contribution in [2.24, 2.45) is 0 Å². The molecule has 0 aliphatic heterocycles. The third-order valence-corrected chi connectivity index (χ3v) is 3.00. The van der Waals surface area contributed by atoms with Crippen LogP contribution in [0.5, 0.6) is 17.6 Å². The first-order valence-corrected chi connectivity index (χ1v) is 6.39. The van der Waals surface area contributed by atoms with Crippen LogP contribution >= 0.6 is 15.9 Å². The van der Waals surface area contributed by atoms with Crippen molar-refractivity contribution < 1.29 is 19.4 Å². The highest BCUT2D eigenvalue weighted by Crippen LogP contribution is 2.28. The molecule has 7 heteroatoms. The van der Waals surface area contributed by atoms with Crippen molar-refractivity contribution in [1.82, 2.24) is 9.97 Å². The van der Waals surface area contributed by atoms with Crippen LogP contribution in [0.3, 0.4) is 0 Å². The van der Waals surface area contributed by atoms with E-state index in [1.54, 1.807) is 12.1 Å². The first-order valence-electron chi connectivity index (χ1n) is 5.59. The van der Waals surface area contributed by atoms with Gasteiger partial charge < -0.3 is 14.6 Å². The van der Waals surface area contributed by atoms with Gasteiger partial charge in [-0.05, 0) is 40.5 Å². The van der Waals surface area contributed by atoms with Crippen LogP contribution in [0.25, 0.3) is 0 Å². The minimum absolute atomic E-state index is 0.0122. The first-order chi connectivity index (χ1) is 9.51. The average Bonchev–Trinajstić information content (AvgIpc) is 2.40. The van der Waals surface area contributed by atoms with Crippen LogP contribution in [-0.4, -0.2) is 28.2 Å². The van der Waals surface area contributed by atoms with E-state index in [1.165, 1.54) is 19.4 Å². The van der Waals surface area contributed by atoms with Gasteiger partial charge in [-0.3, -0.25) is 0 Å². The summed E-state index contributed by atoms with van der Waals surface area (Å²) in [4.78, 5) is 19.1. The summed E-state index contributed by atoms with van der Waals surface area (Å²) in [6, 6.07) is 4.79. The van der Waals surface area contributed by atoms with Gasteiger partial charge in [-0.2, -0.15) is 4.98 Å². The van der Waals surface area contributed by atoms with Crippen molar-refractivity contribution in [3.05, 3.63) is 40.0 Å². The van der Waals surface area contributed by atoms with Gasteiger partial charge in [0.15, 0.2) is 0 Å². The van der Waals surface area contributed by atoms with E-state index in [2.05, 4.69) is 25.9 Å². The Kier molecular flexibility index (Phi) is 4.19. The van der Waals surface area contributed by atoms with Crippen molar-refractivity contribution >= 4 is 21.9 Å². The Bertz CT molecular complexity index is 661. The minimum Gasteiger partial charge on any atom is -0.480 e. The minimum atomic E-state index is -1.08. The van der Waals surface area contributed by atoms with E-state index in [4.69, 9.17) is 14.6 Å². The van der Waals surface area contributed by atoms with Gasteiger partial charge in [0.25, 0.3) is 0 Å². The summed E-state index contributed by atoms with van der Waals surface area (Å²) in [6.45, 7) is 1.83. The predicted molar refractivity (Wildman–Crippen MR) is 74.5 cm³/mol. The Morgan fingerprint density at radius 2 is 2.15 bits per heavy atom. The number of rotatable bonds is 4. The average molecular weight is 339 g/mol. The van der Waals surface area contributed by atoms with E-state index in [1.807, 2.05) is 6.92 Å². The van der Waals surface area contributed by atoms with Crippen molar-refractivity contribution in [2.45, 2.75) is 6.92 Å². The fourth-order valence-electron chi connectivity index (χ4n) is 1.52. The van der Waals surface area contributed by atoms with Crippen LogP contribution in [0.4, 0.5) is 0 Å². The van der Waals surface area contributed by atoms with Crippen LogP contribution in [0.2, 0.25) is 0 Å². The summed E-state index contributed by atoms with van der Waals surface area (Å²) in [6.07, 6.45) is 1.47. The largest absolute Gasteiger partial charge is 0.480 e. The summed E-state index contributed by atoms with van der Waals surface area (Å²) in [5.74, 6) is -0.592. The van der Waals surface area contributed by atoms with Gasteiger partial charge >= 0.3 is 12.0 Å². The molecule has 1 N–H and O–H groups in total. The van der Waals surface area contributed by atoms with Crippen molar-refractivity contribution in [3.63, 3.8) is 0 Å². The fourth-order valence-corrected chi connectivity index (χ4v) is 1.87. The number of benzene rings is 1. The van der Waals surface area contributed by atoms with Gasteiger partial charge in [0.1, 0.15) is 11.3 Å². The smallest absolute Gasteiger partial charge is 0.339 e. The van der Waals surface area contributed by atoms with E-state index in [9.17, 15) is 4.79 Å². The zero-order valence-electron chi connectivity index (χ0n) is 10.8. The molecule has 0 saturated carbocycles. The second-order valence-electron chi connectivity index (χ2n) is 3.92. The number of carbonyl (C=O) groups is 1. The molecule has 0 fully saturated rings. The number of hydrogen-bond acceptors (Lipinski definition) is 5. The molecule has 0 bridgehead atoms. The Labute approximate surface area is 123 Å². The Morgan fingerprint density at radius 3 is 2.80 bits per heavy atom. The van der Waals surface area contributed by atoms with Gasteiger partial charge in [0, 0.05) is 0 Å². The number of aryl methyl sites for hydroxylation is 1. The number of halogens is 1. The molecule has 0 unspecified atom stereocenters. The molecule has 0 amide bonds. The summed E-state index contributed by atoms with van der Waals surface area (Å²) >= 11 is 3.23. The number of nitrogens with zero attached hydrogens (tertiary/aromatic N) is 2. The highest BCUT2D eigenvalue weighted by Gasteiger charge is 2.14. The highest BCUT2D eigenvalue weighted by molar-refractivity contribution is 9.10. The van der Waals surface area contributed by atoms with Gasteiger partial charge in [-0.15, -0.1) is 0 Å². The lowest BCUT2D eigenvalue weighted by molar-refractivity contribution is 0.0694. The maximum atomic E-state index is 11.1. The quantitative estimate of drug-likeness (QED) is 0.922. The van der Waals surface area contributed by atoms with E-state index >= 15 is 0 Å². The van der Waals surface area contributed by atoms with E-state index in [0.717, 1.165) is 5.56 Å². The van der Waals surface area contributed by atoms with Crippen LogP contribution in [0.15, 0.2) is 28.9 Å². The molecule has 0 radical (unpaired) electrons. The van der Waals surface area contributed by atoms with Gasteiger partial charge in [0.05, 0.1) is 17.8 Å². The number of carboxylic acids is 1. The van der Waals surface area contributed by atoms with Crippen molar-refractivity contribution in [1.29, 1.82) is 0 Å². The number of aromatic carboxylic acids is 1. The summed E-state index contributed by atoms with van der Waals surface area (Å²) in [5, 5.41) is 9.13. The molecular weight excluding hydrogens is 328 g/mol. The topological polar surface area (TPSA) is 81.5 Å². The van der Waals surface area contributed by atoms with Crippen LogP contribution in [0.1, 0.15) is 15.9 Å². The van der Waals surface area contributed by atoms with E-state index in [-0.39, 0.29) is 17.3 Å². The Balaban J connectivity index is 2.39. The molecule has 0 spiro atoms. The SMILES string of the molecule is COc1nc(Oc2cc(C)ccc2C(=O)O)ncc1Br. The number of aromatic nitrogens is 2. The van der Waals surface area contributed by atoms with Crippen LogP contribution in [-0.2, 0) is 0 Å². The number of carboxylic acid groups (broad SMARTS) is 1. The molecule has 0 aliphatic carbocycles. The molecule has 0 atom stereocenters. The monoisotopic (exact) mass is 338 g/mol. The van der Waals surface area contributed by atoms with Gasteiger partial charge in [-0.25, -0.2) is 9.78 Å². The maximum absolute atomic E-state index is 11.1. The standard InChI is InChI=1S/C13H11BrN2O4/c1-7-3-4-8(12(17)18)10(5-7)20-13-15-6-9(14)11(16-13)19-2/h3-6H,1-2H3,(H,17,18). The summed E-state index contributed by atoms with van der Waals surface area (Å²) in [7, 11) is 1.46. The lowest BCUT2D eigenvalue weighted by Gasteiger charge is -2.09. The lowest BCUT2D eigenvalue weighted by Crippen LogP contribution is -2.02. The Morgan fingerprint density at radius 1 is 1.40 bits per heavy atom. The molecule has 2 aromatic rings. The number of ether oxygens (including phenoxy) is 2. The zero-order chi connectivity index (χ0) is 14.7. The fraction of sp³-hybridized carbons (Fsp3) is 0.154. The number of hydrogen-bond donors (Lipinski definition) is 1. The molecule has 2 rings (SSSR count). The number of methoxy groups -OCH3 is 1. The van der Waals surface area contributed by atoms with Crippen LogP contribution in [0, 0.1) is 6.92 Å². The van der Waals surface area contributed by atoms with Gasteiger partial charge in [0.2, 0.25) is 5.88 Å². The second kappa shape index (κ2) is 5.87. The summed E-state index contributed by atoms with van der Waals surface area (Å²) < 4.78 is 11.1. The van der Waals surface area contributed by atoms with Crippen molar-refractivity contribution in [3.8, 4) is 17.6 Å². The predicted octanol–water partition coefficient (Wildman–Crippen LogP) is 3.05. The highest BCUT2D eigenvalue weighted by atomic mass is 79.9. The van der Waals surface area contributed by atoms with Crippen molar-refractivity contribution in [2.75, 3.05) is 7.11 Å². The summed E-state index contributed by atoms with van der Waals surface area (Å²) in [5.41, 5.74) is 0.912. The lowest BCUT2D eigenvalue weighted by atomic mass is 10.1. The molecule has 1 heterocycles. The van der Waals surface area contributed by atoms with Gasteiger partial charge in [-0.1, -0.05) is 6.07 Å². The third-order valence-electron chi connectivity index (χ3n) is 2.45. The molecule has 0 aliphatic rings. The Hall–Kier alpha value is -2.15. The first kappa shape index (κ1) is 14.3. The van der Waals surface area contributed by atoms with Crippen LogP contribution < -0.4 is 9.47 Å². The molecular formula is C13H11BrN2O4. The molecule has 0 saturated heterocycles. The van der Waals surface area contributed by atoms with E-state index < -0.39 is 5.97 Å². The normalized spacial score (nSPS) is 10.2. The molecule has 1 aromatic heterocycles. The molecule has 104 valence electrons. The molecule has 20 heavy (non-hydrogen) atoms.